The predicted molar refractivity (Wildman–Crippen MR) is 68.6 cm³/mol. The van der Waals surface area contributed by atoms with Gasteiger partial charge in [-0.2, -0.15) is 0 Å². The average Bonchev–Trinajstić information content (AvgIpc) is 3.03. The SMILES string of the molecule is O=C(Cc1ccccc1)CC12C=CC=CC1C2. The minimum absolute atomic E-state index is 0.181. The molecule has 86 valence electrons. The minimum Gasteiger partial charge on any atom is -0.299 e. The van der Waals surface area contributed by atoms with Crippen molar-refractivity contribution in [1.82, 2.24) is 0 Å². The number of Topliss-reactive ketones (excluding diaryl/α,β-unsaturated/α-hetero) is 1. The van der Waals surface area contributed by atoms with Crippen molar-refractivity contribution in [3.8, 4) is 0 Å². The average molecular weight is 224 g/mol. The summed E-state index contributed by atoms with van der Waals surface area (Å²) in [5.74, 6) is 0.978. The molecular formula is C16H16O. The third kappa shape index (κ3) is 2.10. The van der Waals surface area contributed by atoms with Crippen LogP contribution in [0.3, 0.4) is 0 Å². The van der Waals surface area contributed by atoms with E-state index in [1.165, 1.54) is 0 Å². The van der Waals surface area contributed by atoms with Gasteiger partial charge in [0.1, 0.15) is 5.78 Å². The third-order valence-electron chi connectivity index (χ3n) is 3.83. The molecule has 0 aromatic heterocycles. The van der Waals surface area contributed by atoms with Crippen LogP contribution in [-0.4, -0.2) is 5.78 Å². The number of ketones is 1. The van der Waals surface area contributed by atoms with Crippen LogP contribution in [0.25, 0.3) is 0 Å². The molecular weight excluding hydrogens is 208 g/mol. The summed E-state index contributed by atoms with van der Waals surface area (Å²) >= 11 is 0. The quantitative estimate of drug-likeness (QED) is 0.766. The Hall–Kier alpha value is -1.63. The maximum Gasteiger partial charge on any atom is 0.138 e. The van der Waals surface area contributed by atoms with E-state index in [9.17, 15) is 4.79 Å². The highest BCUT2D eigenvalue weighted by Crippen LogP contribution is 2.58. The first-order valence-corrected chi connectivity index (χ1v) is 6.20. The van der Waals surface area contributed by atoms with E-state index in [0.29, 0.717) is 24.5 Å². The maximum atomic E-state index is 12.1. The van der Waals surface area contributed by atoms with Crippen molar-refractivity contribution in [2.45, 2.75) is 19.3 Å². The van der Waals surface area contributed by atoms with Gasteiger partial charge in [0.15, 0.2) is 0 Å². The summed E-state index contributed by atoms with van der Waals surface area (Å²) in [6, 6.07) is 10.0. The Morgan fingerprint density at radius 1 is 1.24 bits per heavy atom. The van der Waals surface area contributed by atoms with Gasteiger partial charge in [0, 0.05) is 18.3 Å². The second-order valence-corrected chi connectivity index (χ2v) is 5.17. The molecule has 0 spiro atoms. The van der Waals surface area contributed by atoms with Gasteiger partial charge in [-0.05, 0) is 17.9 Å². The highest BCUT2D eigenvalue weighted by Gasteiger charge is 2.51. The normalized spacial score (nSPS) is 28.8. The summed E-state index contributed by atoms with van der Waals surface area (Å²) in [5, 5.41) is 0. The van der Waals surface area contributed by atoms with Gasteiger partial charge in [0.2, 0.25) is 0 Å². The van der Waals surface area contributed by atoms with Gasteiger partial charge >= 0.3 is 0 Å². The molecule has 2 aliphatic carbocycles. The molecule has 1 fully saturated rings. The molecule has 0 saturated heterocycles. The Kier molecular flexibility index (Phi) is 2.47. The van der Waals surface area contributed by atoms with Crippen LogP contribution in [0.2, 0.25) is 0 Å². The number of benzene rings is 1. The predicted octanol–water partition coefficient (Wildman–Crippen LogP) is 3.32. The number of carbonyl (C=O) groups is 1. The molecule has 17 heavy (non-hydrogen) atoms. The van der Waals surface area contributed by atoms with E-state index in [1.807, 2.05) is 30.3 Å². The van der Waals surface area contributed by atoms with E-state index in [2.05, 4.69) is 24.3 Å². The molecule has 2 unspecified atom stereocenters. The largest absolute Gasteiger partial charge is 0.299 e. The molecule has 3 rings (SSSR count). The fourth-order valence-electron chi connectivity index (χ4n) is 2.76. The van der Waals surface area contributed by atoms with Crippen molar-refractivity contribution in [3.05, 3.63) is 60.2 Å². The zero-order valence-electron chi connectivity index (χ0n) is 9.80. The van der Waals surface area contributed by atoms with Crippen LogP contribution >= 0.6 is 0 Å². The molecule has 0 aliphatic heterocycles. The fourth-order valence-corrected chi connectivity index (χ4v) is 2.76. The number of fused-ring (bicyclic) bond motifs is 1. The lowest BCUT2D eigenvalue weighted by atomic mass is 9.91. The molecule has 2 atom stereocenters. The zero-order chi connectivity index (χ0) is 11.7. The minimum atomic E-state index is 0.181. The Morgan fingerprint density at radius 2 is 2.06 bits per heavy atom. The Bertz CT molecular complexity index is 484. The van der Waals surface area contributed by atoms with Gasteiger partial charge in [-0.25, -0.2) is 0 Å². The number of allylic oxidation sites excluding steroid dienone is 4. The summed E-state index contributed by atoms with van der Waals surface area (Å²) in [6.45, 7) is 0. The molecule has 1 nitrogen and oxygen atoms in total. The zero-order valence-corrected chi connectivity index (χ0v) is 9.80. The second-order valence-electron chi connectivity index (χ2n) is 5.17. The summed E-state index contributed by atoms with van der Waals surface area (Å²) < 4.78 is 0. The van der Waals surface area contributed by atoms with Crippen molar-refractivity contribution in [2.24, 2.45) is 11.3 Å². The number of carbonyl (C=O) groups excluding carboxylic acids is 1. The number of hydrogen-bond acceptors (Lipinski definition) is 1. The lowest BCUT2D eigenvalue weighted by Crippen LogP contribution is -2.12. The smallest absolute Gasteiger partial charge is 0.138 e. The van der Waals surface area contributed by atoms with Crippen molar-refractivity contribution in [3.63, 3.8) is 0 Å². The van der Waals surface area contributed by atoms with Gasteiger partial charge in [-0.3, -0.25) is 4.79 Å². The van der Waals surface area contributed by atoms with Gasteiger partial charge in [-0.1, -0.05) is 54.6 Å². The monoisotopic (exact) mass is 224 g/mol. The van der Waals surface area contributed by atoms with Crippen LogP contribution < -0.4 is 0 Å². The lowest BCUT2D eigenvalue weighted by Gasteiger charge is -2.12. The van der Waals surface area contributed by atoms with Crippen molar-refractivity contribution in [2.75, 3.05) is 0 Å². The van der Waals surface area contributed by atoms with Crippen LogP contribution in [0.5, 0.6) is 0 Å². The Labute approximate surface area is 102 Å². The molecule has 0 radical (unpaired) electrons. The van der Waals surface area contributed by atoms with Gasteiger partial charge in [0.25, 0.3) is 0 Å². The van der Waals surface area contributed by atoms with E-state index in [1.54, 1.807) is 0 Å². The van der Waals surface area contributed by atoms with Crippen molar-refractivity contribution in [1.29, 1.82) is 0 Å². The van der Waals surface area contributed by atoms with Crippen LogP contribution in [0, 0.1) is 11.3 Å². The van der Waals surface area contributed by atoms with Gasteiger partial charge < -0.3 is 0 Å². The first kappa shape index (κ1) is 10.5. The molecule has 0 N–H and O–H groups in total. The van der Waals surface area contributed by atoms with Crippen LogP contribution in [-0.2, 0) is 11.2 Å². The van der Waals surface area contributed by atoms with E-state index >= 15 is 0 Å². The van der Waals surface area contributed by atoms with E-state index in [-0.39, 0.29) is 5.41 Å². The molecule has 1 saturated carbocycles. The molecule has 0 bridgehead atoms. The van der Waals surface area contributed by atoms with Crippen molar-refractivity contribution < 1.29 is 4.79 Å². The maximum absolute atomic E-state index is 12.1. The number of hydrogen-bond donors (Lipinski definition) is 0. The molecule has 0 heterocycles. The molecule has 1 aromatic rings. The van der Waals surface area contributed by atoms with E-state index < -0.39 is 0 Å². The first-order valence-electron chi connectivity index (χ1n) is 6.20. The third-order valence-corrected chi connectivity index (χ3v) is 3.83. The summed E-state index contributed by atoms with van der Waals surface area (Å²) in [4.78, 5) is 12.1. The Balaban J connectivity index is 1.62. The lowest BCUT2D eigenvalue weighted by molar-refractivity contribution is -0.119. The number of rotatable bonds is 4. The summed E-state index contributed by atoms with van der Waals surface area (Å²) in [6.07, 6.45) is 11.1. The van der Waals surface area contributed by atoms with Crippen molar-refractivity contribution >= 4 is 5.78 Å². The van der Waals surface area contributed by atoms with Crippen LogP contribution in [0.1, 0.15) is 18.4 Å². The van der Waals surface area contributed by atoms with E-state index in [0.717, 1.165) is 12.0 Å². The molecule has 0 amide bonds. The van der Waals surface area contributed by atoms with Crippen LogP contribution in [0.4, 0.5) is 0 Å². The molecule has 1 heteroatoms. The molecule has 2 aliphatic rings. The molecule has 1 aromatic carbocycles. The fraction of sp³-hybridized carbons (Fsp3) is 0.312. The topological polar surface area (TPSA) is 17.1 Å². The van der Waals surface area contributed by atoms with Crippen LogP contribution in [0.15, 0.2) is 54.6 Å². The second kappa shape index (κ2) is 3.99. The summed E-state index contributed by atoms with van der Waals surface area (Å²) in [5.41, 5.74) is 1.31. The Morgan fingerprint density at radius 3 is 2.82 bits per heavy atom. The summed E-state index contributed by atoms with van der Waals surface area (Å²) in [7, 11) is 0. The van der Waals surface area contributed by atoms with E-state index in [4.69, 9.17) is 0 Å². The van der Waals surface area contributed by atoms with Gasteiger partial charge in [-0.15, -0.1) is 0 Å². The highest BCUT2D eigenvalue weighted by molar-refractivity contribution is 5.82. The first-order chi connectivity index (χ1) is 8.28. The standard InChI is InChI=1S/C16H16O/c17-15(10-13-6-2-1-3-7-13)12-16-9-5-4-8-14(16)11-16/h1-9,14H,10-12H2. The van der Waals surface area contributed by atoms with Gasteiger partial charge in [0.05, 0.1) is 0 Å². The highest BCUT2D eigenvalue weighted by atomic mass is 16.1.